The number of aromatic amines is 1. The van der Waals surface area contributed by atoms with Crippen LogP contribution in [0.1, 0.15) is 24.5 Å². The Morgan fingerprint density at radius 3 is 2.82 bits per heavy atom. The lowest BCUT2D eigenvalue weighted by molar-refractivity contribution is 0.975. The van der Waals surface area contributed by atoms with Gasteiger partial charge in [-0.05, 0) is 34.8 Å². The van der Waals surface area contributed by atoms with E-state index in [2.05, 4.69) is 30.9 Å². The number of nitrogens with zero attached hydrogens (tertiary/aromatic N) is 2. The predicted octanol–water partition coefficient (Wildman–Crippen LogP) is 2.47. The minimum absolute atomic E-state index is 0.100. The first-order valence-corrected chi connectivity index (χ1v) is 6.24. The molecule has 1 fully saturated rings. The summed E-state index contributed by atoms with van der Waals surface area (Å²) < 4.78 is 0.870. The Kier molecular flexibility index (Phi) is 2.55. The van der Waals surface area contributed by atoms with Crippen LogP contribution in [0.5, 0.6) is 0 Å². The predicted molar refractivity (Wildman–Crippen MR) is 67.8 cm³/mol. The summed E-state index contributed by atoms with van der Waals surface area (Å²) in [6, 6.07) is 3.48. The zero-order valence-electron chi connectivity index (χ0n) is 8.98. The highest BCUT2D eigenvalue weighted by Gasteiger charge is 2.25. The molecule has 0 amide bonds. The number of rotatable bonds is 2. The van der Waals surface area contributed by atoms with E-state index in [9.17, 15) is 4.79 Å². The molecule has 0 radical (unpaired) electrons. The molecule has 1 saturated carbocycles. The maximum Gasteiger partial charge on any atom is 0.251 e. The van der Waals surface area contributed by atoms with E-state index in [-0.39, 0.29) is 5.56 Å². The molecule has 1 N–H and O–H groups in total. The molecule has 0 spiro atoms. The lowest BCUT2D eigenvalue weighted by atomic mass is 10.2. The van der Waals surface area contributed by atoms with Crippen molar-refractivity contribution in [3.8, 4) is 11.4 Å². The van der Waals surface area contributed by atoms with Crippen LogP contribution in [-0.2, 0) is 0 Å². The van der Waals surface area contributed by atoms with Crippen molar-refractivity contribution >= 4 is 15.9 Å². The number of nitrogens with one attached hydrogen (secondary N) is 1. The molecular formula is C12H10BrN3O. The van der Waals surface area contributed by atoms with Crippen LogP contribution in [0.2, 0.25) is 0 Å². The van der Waals surface area contributed by atoms with Crippen LogP contribution in [-0.4, -0.2) is 15.0 Å². The average molecular weight is 292 g/mol. The Balaban J connectivity index is 2.10. The van der Waals surface area contributed by atoms with Gasteiger partial charge in [-0.3, -0.25) is 9.78 Å². The molecule has 2 heterocycles. The summed E-state index contributed by atoms with van der Waals surface area (Å²) in [5, 5.41) is 0. The van der Waals surface area contributed by atoms with Gasteiger partial charge in [0.25, 0.3) is 5.56 Å². The fourth-order valence-corrected chi connectivity index (χ4v) is 2.11. The largest absolute Gasteiger partial charge is 0.306 e. The molecule has 0 aromatic carbocycles. The van der Waals surface area contributed by atoms with E-state index in [1.54, 1.807) is 18.5 Å². The molecule has 1 aliphatic rings. The maximum absolute atomic E-state index is 11.6. The number of H-pyrrole nitrogens is 1. The first-order valence-electron chi connectivity index (χ1n) is 5.44. The molecule has 0 atom stereocenters. The summed E-state index contributed by atoms with van der Waals surface area (Å²) in [6.07, 6.45) is 5.66. The van der Waals surface area contributed by atoms with Crippen LogP contribution in [0.4, 0.5) is 0 Å². The number of hydrogen-bond acceptors (Lipinski definition) is 3. The number of hydrogen-bond donors (Lipinski definition) is 1. The van der Waals surface area contributed by atoms with Crippen molar-refractivity contribution in [2.45, 2.75) is 18.8 Å². The van der Waals surface area contributed by atoms with Crippen molar-refractivity contribution in [2.75, 3.05) is 0 Å². The molecule has 3 rings (SSSR count). The Morgan fingerprint density at radius 1 is 1.29 bits per heavy atom. The van der Waals surface area contributed by atoms with Gasteiger partial charge in [0.05, 0.1) is 5.69 Å². The second kappa shape index (κ2) is 4.07. The first-order chi connectivity index (χ1) is 8.22. The quantitative estimate of drug-likeness (QED) is 0.925. The van der Waals surface area contributed by atoms with E-state index in [1.807, 2.05) is 6.07 Å². The van der Waals surface area contributed by atoms with Gasteiger partial charge in [-0.2, -0.15) is 0 Å². The van der Waals surface area contributed by atoms with Gasteiger partial charge in [-0.25, -0.2) is 4.98 Å². The minimum Gasteiger partial charge on any atom is -0.306 e. The van der Waals surface area contributed by atoms with Crippen molar-refractivity contribution in [1.82, 2.24) is 15.0 Å². The van der Waals surface area contributed by atoms with Crippen molar-refractivity contribution in [3.63, 3.8) is 0 Å². The molecule has 4 nitrogen and oxygen atoms in total. The van der Waals surface area contributed by atoms with Gasteiger partial charge in [-0.15, -0.1) is 0 Å². The van der Waals surface area contributed by atoms with Crippen LogP contribution in [0.15, 0.2) is 33.8 Å². The van der Waals surface area contributed by atoms with Crippen LogP contribution in [0.25, 0.3) is 11.4 Å². The molecule has 1 aliphatic carbocycles. The second-order valence-electron chi connectivity index (χ2n) is 4.18. The Bertz CT molecular complexity index is 619. The molecule has 2 aromatic heterocycles. The van der Waals surface area contributed by atoms with Gasteiger partial charge in [-0.1, -0.05) is 0 Å². The molecule has 2 aromatic rings. The summed E-state index contributed by atoms with van der Waals surface area (Å²) >= 11 is 3.36. The Hall–Kier alpha value is -1.49. The summed E-state index contributed by atoms with van der Waals surface area (Å²) in [4.78, 5) is 22.9. The first kappa shape index (κ1) is 10.7. The summed E-state index contributed by atoms with van der Waals surface area (Å²) in [5.41, 5.74) is 1.61. The zero-order chi connectivity index (χ0) is 11.8. The highest BCUT2D eigenvalue weighted by atomic mass is 79.9. The van der Waals surface area contributed by atoms with Gasteiger partial charge in [0.2, 0.25) is 0 Å². The van der Waals surface area contributed by atoms with E-state index < -0.39 is 0 Å². The van der Waals surface area contributed by atoms with E-state index in [0.29, 0.717) is 11.7 Å². The number of halogens is 1. The standard InChI is InChI=1S/C12H10BrN3O/c13-9-3-8(5-14-6-9)12-15-10(7-1-2-7)4-11(17)16-12/h3-7H,1-2H2,(H,15,16,17). The third-order valence-electron chi connectivity index (χ3n) is 2.74. The van der Waals surface area contributed by atoms with Crippen molar-refractivity contribution < 1.29 is 0 Å². The SMILES string of the molecule is O=c1cc(C2CC2)nc(-c2cncc(Br)c2)[nH]1. The molecular weight excluding hydrogens is 282 g/mol. The summed E-state index contributed by atoms with van der Waals surface area (Å²) in [6.45, 7) is 0. The zero-order valence-corrected chi connectivity index (χ0v) is 10.6. The third-order valence-corrected chi connectivity index (χ3v) is 3.17. The molecule has 0 bridgehead atoms. The van der Waals surface area contributed by atoms with E-state index in [0.717, 1.165) is 28.6 Å². The Morgan fingerprint density at radius 2 is 2.12 bits per heavy atom. The van der Waals surface area contributed by atoms with Gasteiger partial charge < -0.3 is 4.98 Å². The summed E-state index contributed by atoms with van der Waals surface area (Å²) in [5.74, 6) is 1.06. The van der Waals surface area contributed by atoms with Gasteiger partial charge in [0.1, 0.15) is 5.82 Å². The Labute approximate surface area is 106 Å². The van der Waals surface area contributed by atoms with Crippen LogP contribution in [0.3, 0.4) is 0 Å². The minimum atomic E-state index is -0.100. The topological polar surface area (TPSA) is 58.6 Å². The van der Waals surface area contributed by atoms with Crippen molar-refractivity contribution in [1.29, 1.82) is 0 Å². The average Bonchev–Trinajstić information content (AvgIpc) is 3.12. The molecule has 17 heavy (non-hydrogen) atoms. The third kappa shape index (κ3) is 2.29. The van der Waals surface area contributed by atoms with Crippen LogP contribution < -0.4 is 5.56 Å². The lowest BCUT2D eigenvalue weighted by Crippen LogP contribution is -2.10. The van der Waals surface area contributed by atoms with Crippen molar-refractivity contribution in [3.05, 3.63) is 45.0 Å². The second-order valence-corrected chi connectivity index (χ2v) is 5.10. The van der Waals surface area contributed by atoms with Crippen LogP contribution >= 0.6 is 15.9 Å². The number of pyridine rings is 1. The molecule has 86 valence electrons. The highest BCUT2D eigenvalue weighted by molar-refractivity contribution is 9.10. The number of aromatic nitrogens is 3. The molecule has 0 saturated heterocycles. The van der Waals surface area contributed by atoms with E-state index >= 15 is 0 Å². The maximum atomic E-state index is 11.6. The van der Waals surface area contributed by atoms with E-state index in [1.165, 1.54) is 0 Å². The lowest BCUT2D eigenvalue weighted by Gasteiger charge is -2.03. The fourth-order valence-electron chi connectivity index (χ4n) is 1.74. The van der Waals surface area contributed by atoms with Gasteiger partial charge >= 0.3 is 0 Å². The van der Waals surface area contributed by atoms with Gasteiger partial charge in [0.15, 0.2) is 0 Å². The molecule has 0 aliphatic heterocycles. The smallest absolute Gasteiger partial charge is 0.251 e. The highest BCUT2D eigenvalue weighted by Crippen LogP contribution is 2.38. The van der Waals surface area contributed by atoms with E-state index in [4.69, 9.17) is 0 Å². The molecule has 0 unspecified atom stereocenters. The fraction of sp³-hybridized carbons (Fsp3) is 0.250. The van der Waals surface area contributed by atoms with Crippen LogP contribution in [0, 0.1) is 0 Å². The molecule has 5 heteroatoms. The monoisotopic (exact) mass is 291 g/mol. The van der Waals surface area contributed by atoms with Gasteiger partial charge in [0, 0.05) is 34.4 Å². The normalized spacial score (nSPS) is 14.9. The van der Waals surface area contributed by atoms with Crippen molar-refractivity contribution in [2.24, 2.45) is 0 Å². The summed E-state index contributed by atoms with van der Waals surface area (Å²) in [7, 11) is 0.